The molecular weight excluding hydrogens is 372 g/mol. The molecule has 29 heavy (non-hydrogen) atoms. The number of carbonyl (C=O) groups is 2. The number of hydrogen-bond donors (Lipinski definition) is 3. The summed E-state index contributed by atoms with van der Waals surface area (Å²) < 4.78 is 5.36. The van der Waals surface area contributed by atoms with Crippen molar-refractivity contribution >= 4 is 18.1 Å². The van der Waals surface area contributed by atoms with Crippen LogP contribution in [0.4, 0.5) is 0 Å². The molecular formula is C22H18N2O5. The standard InChI is InChI=1S/C22H18N2O5/c1-14-4-2-3-5-18(14)22(28)29-17-9-6-15(7-10-17)13-23-24-21(27)19-11-8-16(25)12-20(19)26/h2-13,25-26H,1H3,(H,24,27)/b23-13-. The van der Waals surface area contributed by atoms with Crippen molar-refractivity contribution in [1.82, 2.24) is 5.43 Å². The van der Waals surface area contributed by atoms with E-state index in [1.54, 1.807) is 36.4 Å². The maximum Gasteiger partial charge on any atom is 0.343 e. The average molecular weight is 390 g/mol. The molecule has 0 radical (unpaired) electrons. The largest absolute Gasteiger partial charge is 0.508 e. The number of carbonyl (C=O) groups excluding carboxylic acids is 2. The van der Waals surface area contributed by atoms with Crippen molar-refractivity contribution < 1.29 is 24.5 Å². The Morgan fingerprint density at radius 3 is 2.38 bits per heavy atom. The van der Waals surface area contributed by atoms with Gasteiger partial charge in [0.2, 0.25) is 0 Å². The minimum Gasteiger partial charge on any atom is -0.508 e. The lowest BCUT2D eigenvalue weighted by atomic mass is 10.1. The van der Waals surface area contributed by atoms with Gasteiger partial charge in [0.15, 0.2) is 0 Å². The molecule has 7 nitrogen and oxygen atoms in total. The number of rotatable bonds is 5. The number of benzene rings is 3. The quantitative estimate of drug-likeness (QED) is 0.268. The van der Waals surface area contributed by atoms with Crippen LogP contribution >= 0.6 is 0 Å². The van der Waals surface area contributed by atoms with Gasteiger partial charge in [0, 0.05) is 6.07 Å². The maximum atomic E-state index is 12.2. The van der Waals surface area contributed by atoms with Gasteiger partial charge in [0.05, 0.1) is 17.3 Å². The number of nitrogens with zero attached hydrogens (tertiary/aromatic N) is 1. The summed E-state index contributed by atoms with van der Waals surface area (Å²) in [4.78, 5) is 24.2. The molecule has 0 spiro atoms. The molecule has 0 aliphatic carbocycles. The second kappa shape index (κ2) is 8.71. The molecule has 0 aliphatic rings. The van der Waals surface area contributed by atoms with Crippen LogP contribution < -0.4 is 10.2 Å². The van der Waals surface area contributed by atoms with E-state index in [2.05, 4.69) is 10.5 Å². The monoisotopic (exact) mass is 390 g/mol. The van der Waals surface area contributed by atoms with Crippen LogP contribution in [0.2, 0.25) is 0 Å². The molecule has 0 fully saturated rings. The fourth-order valence-corrected chi connectivity index (χ4v) is 2.52. The number of phenols is 2. The van der Waals surface area contributed by atoms with Gasteiger partial charge in [0.1, 0.15) is 17.2 Å². The average Bonchev–Trinajstić information content (AvgIpc) is 2.69. The first kappa shape index (κ1) is 19.6. The third kappa shape index (κ3) is 4.98. The number of esters is 1. The fraction of sp³-hybridized carbons (Fsp3) is 0.0455. The van der Waals surface area contributed by atoms with Crippen LogP contribution in [0.5, 0.6) is 17.2 Å². The SMILES string of the molecule is Cc1ccccc1C(=O)Oc1ccc(/C=N\NC(=O)c2ccc(O)cc2O)cc1. The van der Waals surface area contributed by atoms with E-state index in [4.69, 9.17) is 4.74 Å². The van der Waals surface area contributed by atoms with E-state index in [-0.39, 0.29) is 17.1 Å². The highest BCUT2D eigenvalue weighted by molar-refractivity contribution is 5.97. The molecule has 0 bridgehead atoms. The summed E-state index contributed by atoms with van der Waals surface area (Å²) in [5.41, 5.74) is 4.26. The van der Waals surface area contributed by atoms with Crippen molar-refractivity contribution in [2.75, 3.05) is 0 Å². The Kier molecular flexibility index (Phi) is 5.89. The first-order chi connectivity index (χ1) is 13.9. The van der Waals surface area contributed by atoms with Gasteiger partial charge in [0.25, 0.3) is 5.91 Å². The summed E-state index contributed by atoms with van der Waals surface area (Å²) in [6.07, 6.45) is 1.41. The third-order valence-corrected chi connectivity index (χ3v) is 4.06. The van der Waals surface area contributed by atoms with Gasteiger partial charge in [-0.1, -0.05) is 18.2 Å². The van der Waals surface area contributed by atoms with Gasteiger partial charge in [-0.05, 0) is 60.5 Å². The first-order valence-corrected chi connectivity index (χ1v) is 8.67. The van der Waals surface area contributed by atoms with Crippen molar-refractivity contribution in [3.63, 3.8) is 0 Å². The van der Waals surface area contributed by atoms with Gasteiger partial charge >= 0.3 is 5.97 Å². The summed E-state index contributed by atoms with van der Waals surface area (Å²) in [5.74, 6) is -1.18. The molecule has 0 unspecified atom stereocenters. The highest BCUT2D eigenvalue weighted by Crippen LogP contribution is 2.22. The summed E-state index contributed by atoms with van der Waals surface area (Å²) in [6, 6.07) is 17.4. The smallest absolute Gasteiger partial charge is 0.343 e. The van der Waals surface area contributed by atoms with Gasteiger partial charge < -0.3 is 14.9 Å². The molecule has 3 aromatic carbocycles. The van der Waals surface area contributed by atoms with E-state index in [9.17, 15) is 19.8 Å². The number of aromatic hydroxyl groups is 2. The van der Waals surface area contributed by atoms with E-state index in [0.717, 1.165) is 11.6 Å². The van der Waals surface area contributed by atoms with Crippen molar-refractivity contribution in [3.8, 4) is 17.2 Å². The van der Waals surface area contributed by atoms with Crippen LogP contribution in [0.15, 0.2) is 71.8 Å². The normalized spacial score (nSPS) is 10.7. The van der Waals surface area contributed by atoms with Crippen molar-refractivity contribution in [1.29, 1.82) is 0 Å². The zero-order valence-electron chi connectivity index (χ0n) is 15.5. The van der Waals surface area contributed by atoms with Crippen molar-refractivity contribution in [2.24, 2.45) is 5.10 Å². The number of hydrogen-bond acceptors (Lipinski definition) is 6. The zero-order valence-corrected chi connectivity index (χ0v) is 15.5. The van der Waals surface area contributed by atoms with Gasteiger partial charge in [-0.2, -0.15) is 5.10 Å². The Labute approximate surface area is 166 Å². The molecule has 146 valence electrons. The number of phenolic OH excluding ortho intramolecular Hbond substituents is 2. The molecule has 3 N–H and O–H groups in total. The Balaban J connectivity index is 1.59. The highest BCUT2D eigenvalue weighted by atomic mass is 16.5. The number of aryl methyl sites for hydroxylation is 1. The molecule has 0 saturated heterocycles. The molecule has 0 heterocycles. The van der Waals surface area contributed by atoms with Crippen molar-refractivity contribution in [3.05, 3.63) is 89.0 Å². The van der Waals surface area contributed by atoms with E-state index in [1.165, 1.54) is 18.3 Å². The molecule has 0 aliphatic heterocycles. The second-order valence-corrected chi connectivity index (χ2v) is 6.17. The fourth-order valence-electron chi connectivity index (χ4n) is 2.52. The summed E-state index contributed by atoms with van der Waals surface area (Å²) in [7, 11) is 0. The lowest BCUT2D eigenvalue weighted by molar-refractivity contribution is 0.0733. The van der Waals surface area contributed by atoms with Crippen LogP contribution in [0.25, 0.3) is 0 Å². The van der Waals surface area contributed by atoms with Gasteiger partial charge in [-0.25, -0.2) is 10.2 Å². The van der Waals surface area contributed by atoms with Crippen LogP contribution in [0.3, 0.4) is 0 Å². The number of amides is 1. The third-order valence-electron chi connectivity index (χ3n) is 4.06. The lowest BCUT2D eigenvalue weighted by Crippen LogP contribution is -2.17. The maximum absolute atomic E-state index is 12.2. The molecule has 0 aromatic heterocycles. The van der Waals surface area contributed by atoms with Crippen LogP contribution in [-0.2, 0) is 0 Å². The van der Waals surface area contributed by atoms with E-state index in [0.29, 0.717) is 16.9 Å². The summed E-state index contributed by atoms with van der Waals surface area (Å²) in [6.45, 7) is 1.84. The summed E-state index contributed by atoms with van der Waals surface area (Å²) >= 11 is 0. The van der Waals surface area contributed by atoms with E-state index < -0.39 is 11.9 Å². The summed E-state index contributed by atoms with van der Waals surface area (Å²) in [5, 5.41) is 22.7. The van der Waals surface area contributed by atoms with Crippen LogP contribution in [0.1, 0.15) is 31.8 Å². The zero-order chi connectivity index (χ0) is 20.8. The molecule has 1 amide bonds. The second-order valence-electron chi connectivity index (χ2n) is 6.17. The molecule has 0 atom stereocenters. The minimum absolute atomic E-state index is 0.0154. The van der Waals surface area contributed by atoms with Gasteiger partial charge in [-0.3, -0.25) is 4.79 Å². The predicted octanol–water partition coefficient (Wildman–Crippen LogP) is 3.39. The van der Waals surface area contributed by atoms with Crippen LogP contribution in [-0.4, -0.2) is 28.3 Å². The first-order valence-electron chi connectivity index (χ1n) is 8.67. The Bertz CT molecular complexity index is 1070. The Hall–Kier alpha value is -4.13. The van der Waals surface area contributed by atoms with E-state index >= 15 is 0 Å². The lowest BCUT2D eigenvalue weighted by Gasteiger charge is -2.06. The number of nitrogens with one attached hydrogen (secondary N) is 1. The topological polar surface area (TPSA) is 108 Å². The molecule has 7 heteroatoms. The number of hydrazone groups is 1. The predicted molar refractivity (Wildman–Crippen MR) is 107 cm³/mol. The van der Waals surface area contributed by atoms with Gasteiger partial charge in [-0.15, -0.1) is 0 Å². The molecule has 3 aromatic rings. The Morgan fingerprint density at radius 2 is 1.69 bits per heavy atom. The van der Waals surface area contributed by atoms with E-state index in [1.807, 2.05) is 19.1 Å². The molecule has 3 rings (SSSR count). The molecule has 0 saturated carbocycles. The number of ether oxygens (including phenoxy) is 1. The highest BCUT2D eigenvalue weighted by Gasteiger charge is 2.11. The van der Waals surface area contributed by atoms with Crippen LogP contribution in [0, 0.1) is 6.92 Å². The Morgan fingerprint density at radius 1 is 0.966 bits per heavy atom. The minimum atomic E-state index is -0.623. The van der Waals surface area contributed by atoms with Crippen molar-refractivity contribution in [2.45, 2.75) is 6.92 Å².